The lowest BCUT2D eigenvalue weighted by Gasteiger charge is -2.17. The smallest absolute Gasteiger partial charge is 0.00139 e. The molecule has 1 aromatic carbocycles. The minimum atomic E-state index is 1.14. The van der Waals surface area contributed by atoms with Crippen LogP contribution in [0, 0.1) is 27.7 Å². The number of fused-ring (bicyclic) bond motifs is 2. The lowest BCUT2D eigenvalue weighted by molar-refractivity contribution is 1.12. The summed E-state index contributed by atoms with van der Waals surface area (Å²) >= 11 is 0. The standard InChI is InChI=1S/C16H18/c1-9-10(2)12(4)16-14-7-5-6-13(14)8-15(16)11(9)3/h5-6H,7-8H2,1-4H3. The van der Waals surface area contributed by atoms with Gasteiger partial charge in [-0.1, -0.05) is 12.2 Å². The van der Waals surface area contributed by atoms with Gasteiger partial charge in [0.1, 0.15) is 0 Å². The summed E-state index contributed by atoms with van der Waals surface area (Å²) in [6.45, 7) is 9.09. The Morgan fingerprint density at radius 3 is 2.31 bits per heavy atom. The SMILES string of the molecule is Cc1c(C)c(C)c2c(c1C)CC1=C2CC=C1. The van der Waals surface area contributed by atoms with Crippen molar-refractivity contribution in [3.8, 4) is 0 Å². The Labute approximate surface area is 97.7 Å². The Morgan fingerprint density at radius 1 is 0.875 bits per heavy atom. The van der Waals surface area contributed by atoms with Crippen molar-refractivity contribution < 1.29 is 0 Å². The van der Waals surface area contributed by atoms with Gasteiger partial charge < -0.3 is 0 Å². The second-order valence-corrected chi connectivity index (χ2v) is 5.14. The first-order chi connectivity index (χ1) is 7.61. The molecule has 0 atom stereocenters. The molecule has 0 saturated heterocycles. The highest BCUT2D eigenvalue weighted by molar-refractivity contribution is 5.85. The van der Waals surface area contributed by atoms with Gasteiger partial charge in [0.25, 0.3) is 0 Å². The van der Waals surface area contributed by atoms with E-state index in [1.54, 1.807) is 22.3 Å². The maximum absolute atomic E-state index is 2.32. The Kier molecular flexibility index (Phi) is 1.92. The van der Waals surface area contributed by atoms with Crippen molar-refractivity contribution in [3.63, 3.8) is 0 Å². The van der Waals surface area contributed by atoms with Crippen LogP contribution in [-0.2, 0) is 6.42 Å². The summed E-state index contributed by atoms with van der Waals surface area (Å²) < 4.78 is 0. The van der Waals surface area contributed by atoms with E-state index in [0.29, 0.717) is 0 Å². The molecule has 82 valence electrons. The van der Waals surface area contributed by atoms with Gasteiger partial charge in [0.2, 0.25) is 0 Å². The summed E-state index contributed by atoms with van der Waals surface area (Å²) in [5.41, 5.74) is 12.3. The second-order valence-electron chi connectivity index (χ2n) is 5.14. The molecule has 16 heavy (non-hydrogen) atoms. The van der Waals surface area contributed by atoms with Gasteiger partial charge in [-0.2, -0.15) is 0 Å². The van der Waals surface area contributed by atoms with Crippen LogP contribution in [0.2, 0.25) is 0 Å². The van der Waals surface area contributed by atoms with Crippen molar-refractivity contribution in [2.45, 2.75) is 40.5 Å². The molecule has 2 aliphatic rings. The molecule has 0 aromatic heterocycles. The maximum atomic E-state index is 2.32. The lowest BCUT2D eigenvalue weighted by atomic mass is 9.88. The molecular formula is C16H18. The number of hydrogen-bond acceptors (Lipinski definition) is 0. The van der Waals surface area contributed by atoms with E-state index in [-0.39, 0.29) is 0 Å². The average Bonchev–Trinajstić information content (AvgIpc) is 2.82. The minimum absolute atomic E-state index is 1.14. The number of rotatable bonds is 0. The molecule has 0 unspecified atom stereocenters. The van der Waals surface area contributed by atoms with Gasteiger partial charge in [-0.25, -0.2) is 0 Å². The summed E-state index contributed by atoms with van der Waals surface area (Å²) in [4.78, 5) is 0. The molecule has 0 N–H and O–H groups in total. The molecule has 0 radical (unpaired) electrons. The average molecular weight is 210 g/mol. The molecule has 2 aliphatic carbocycles. The van der Waals surface area contributed by atoms with E-state index in [9.17, 15) is 0 Å². The fourth-order valence-corrected chi connectivity index (χ4v) is 3.19. The molecule has 0 bridgehead atoms. The number of benzene rings is 1. The van der Waals surface area contributed by atoms with Gasteiger partial charge in [0, 0.05) is 0 Å². The molecule has 0 heterocycles. The van der Waals surface area contributed by atoms with Crippen molar-refractivity contribution in [1.29, 1.82) is 0 Å². The van der Waals surface area contributed by atoms with Crippen LogP contribution in [0.4, 0.5) is 0 Å². The van der Waals surface area contributed by atoms with Crippen molar-refractivity contribution >= 4 is 5.57 Å². The van der Waals surface area contributed by atoms with E-state index in [0.717, 1.165) is 12.8 Å². The highest BCUT2D eigenvalue weighted by atomic mass is 14.3. The van der Waals surface area contributed by atoms with E-state index >= 15 is 0 Å². The third-order valence-electron chi connectivity index (χ3n) is 4.51. The van der Waals surface area contributed by atoms with Gasteiger partial charge in [-0.3, -0.25) is 0 Å². The Bertz CT molecular complexity index is 554. The Morgan fingerprint density at radius 2 is 1.56 bits per heavy atom. The van der Waals surface area contributed by atoms with Crippen molar-refractivity contribution in [1.82, 2.24) is 0 Å². The molecule has 0 nitrogen and oxygen atoms in total. The third-order valence-corrected chi connectivity index (χ3v) is 4.51. The van der Waals surface area contributed by atoms with E-state index in [1.807, 2.05) is 0 Å². The maximum Gasteiger partial charge on any atom is -0.00139 e. The summed E-state index contributed by atoms with van der Waals surface area (Å²) in [5.74, 6) is 0. The number of hydrogen-bond donors (Lipinski definition) is 0. The first-order valence-corrected chi connectivity index (χ1v) is 6.09. The number of allylic oxidation sites excluding steroid dienone is 4. The molecule has 0 aliphatic heterocycles. The van der Waals surface area contributed by atoms with E-state index in [2.05, 4.69) is 39.8 Å². The fourth-order valence-electron chi connectivity index (χ4n) is 3.19. The lowest BCUT2D eigenvalue weighted by Crippen LogP contribution is -2.01. The van der Waals surface area contributed by atoms with Gasteiger partial charge in [-0.15, -0.1) is 0 Å². The van der Waals surface area contributed by atoms with Crippen LogP contribution in [0.25, 0.3) is 5.57 Å². The van der Waals surface area contributed by atoms with Crippen LogP contribution in [0.1, 0.15) is 39.8 Å². The predicted molar refractivity (Wildman–Crippen MR) is 69.8 cm³/mol. The zero-order chi connectivity index (χ0) is 11.4. The van der Waals surface area contributed by atoms with E-state index in [1.165, 1.54) is 22.3 Å². The quantitative estimate of drug-likeness (QED) is 0.602. The molecule has 0 spiro atoms. The molecule has 0 heteroatoms. The summed E-state index contributed by atoms with van der Waals surface area (Å²) in [6, 6.07) is 0. The van der Waals surface area contributed by atoms with E-state index < -0.39 is 0 Å². The summed E-state index contributed by atoms with van der Waals surface area (Å²) in [5, 5.41) is 0. The molecule has 0 saturated carbocycles. The summed E-state index contributed by atoms with van der Waals surface area (Å²) in [6.07, 6.45) is 6.93. The first kappa shape index (κ1) is 9.89. The molecule has 0 fully saturated rings. The monoisotopic (exact) mass is 210 g/mol. The molecule has 3 rings (SSSR count). The van der Waals surface area contributed by atoms with Gasteiger partial charge in [-0.05, 0) is 85.1 Å². The molecule has 0 amide bonds. The Balaban J connectivity index is 2.33. The van der Waals surface area contributed by atoms with Gasteiger partial charge in [0.15, 0.2) is 0 Å². The third kappa shape index (κ3) is 1.05. The topological polar surface area (TPSA) is 0 Å². The second kappa shape index (κ2) is 3.10. The van der Waals surface area contributed by atoms with Crippen LogP contribution in [0.3, 0.4) is 0 Å². The van der Waals surface area contributed by atoms with Crippen LogP contribution in [-0.4, -0.2) is 0 Å². The van der Waals surface area contributed by atoms with Gasteiger partial charge >= 0.3 is 0 Å². The van der Waals surface area contributed by atoms with Crippen LogP contribution in [0.5, 0.6) is 0 Å². The minimum Gasteiger partial charge on any atom is -0.0798 e. The largest absolute Gasteiger partial charge is 0.0798 e. The Hall–Kier alpha value is -1.30. The predicted octanol–water partition coefficient (Wildman–Crippen LogP) is 4.19. The van der Waals surface area contributed by atoms with E-state index in [4.69, 9.17) is 0 Å². The highest BCUT2D eigenvalue weighted by Crippen LogP contribution is 2.44. The normalized spacial score (nSPS) is 17.0. The van der Waals surface area contributed by atoms with Crippen LogP contribution in [0.15, 0.2) is 17.7 Å². The van der Waals surface area contributed by atoms with Crippen LogP contribution < -0.4 is 0 Å². The van der Waals surface area contributed by atoms with Crippen molar-refractivity contribution in [2.24, 2.45) is 0 Å². The summed E-state index contributed by atoms with van der Waals surface area (Å²) in [7, 11) is 0. The fraction of sp³-hybridized carbons (Fsp3) is 0.375. The zero-order valence-corrected chi connectivity index (χ0v) is 10.6. The molecular weight excluding hydrogens is 192 g/mol. The van der Waals surface area contributed by atoms with Crippen molar-refractivity contribution in [2.75, 3.05) is 0 Å². The van der Waals surface area contributed by atoms with Crippen LogP contribution >= 0.6 is 0 Å². The first-order valence-electron chi connectivity index (χ1n) is 6.09. The van der Waals surface area contributed by atoms with Crippen molar-refractivity contribution in [3.05, 3.63) is 51.1 Å². The molecule has 1 aromatic rings. The zero-order valence-electron chi connectivity index (χ0n) is 10.6. The highest BCUT2D eigenvalue weighted by Gasteiger charge is 2.26. The van der Waals surface area contributed by atoms with Gasteiger partial charge in [0.05, 0.1) is 0 Å².